The molecular weight excluding hydrogens is 310 g/mol. The van der Waals surface area contributed by atoms with Crippen molar-refractivity contribution in [2.45, 2.75) is 59.3 Å². The lowest BCUT2D eigenvalue weighted by atomic mass is 10.0. The molecule has 24 heavy (non-hydrogen) atoms. The van der Waals surface area contributed by atoms with Crippen molar-refractivity contribution in [3.8, 4) is 0 Å². The Bertz CT molecular complexity index is 370. The number of carbonyl (C=O) groups is 3. The van der Waals surface area contributed by atoms with E-state index in [9.17, 15) is 14.4 Å². The molecule has 1 N–H and O–H groups in total. The quantitative estimate of drug-likeness (QED) is 0.435. The van der Waals surface area contributed by atoms with Crippen LogP contribution in [0, 0.1) is 5.92 Å². The highest BCUT2D eigenvalue weighted by Gasteiger charge is 2.07. The molecule has 0 aliphatic carbocycles. The van der Waals surface area contributed by atoms with Gasteiger partial charge in [0, 0.05) is 31.9 Å². The normalized spacial score (nSPS) is 12.0. The van der Waals surface area contributed by atoms with Crippen LogP contribution < -0.4 is 5.32 Å². The molecule has 0 aliphatic rings. The van der Waals surface area contributed by atoms with Crippen LogP contribution in [0.3, 0.4) is 0 Å². The second-order valence-electron chi connectivity index (χ2n) is 6.02. The van der Waals surface area contributed by atoms with E-state index in [-0.39, 0.29) is 30.0 Å². The second kappa shape index (κ2) is 15.3. The third-order valence-electron chi connectivity index (χ3n) is 3.82. The summed E-state index contributed by atoms with van der Waals surface area (Å²) in [6.45, 7) is 7.36. The predicted octanol–water partition coefficient (Wildman–Crippen LogP) is 2.29. The summed E-state index contributed by atoms with van der Waals surface area (Å²) in [5.74, 6) is 0.432. The number of hydrogen-bond acceptors (Lipinski definition) is 5. The molecular formula is C18H33NO5. The van der Waals surface area contributed by atoms with E-state index in [2.05, 4.69) is 5.32 Å². The lowest BCUT2D eigenvalue weighted by Crippen LogP contribution is -2.29. The van der Waals surface area contributed by atoms with Crippen molar-refractivity contribution in [3.63, 3.8) is 0 Å². The Kier molecular flexibility index (Phi) is 14.5. The first-order valence-electron chi connectivity index (χ1n) is 8.91. The Morgan fingerprint density at radius 2 is 1.71 bits per heavy atom. The molecule has 0 saturated carbocycles. The predicted molar refractivity (Wildman–Crippen MR) is 92.9 cm³/mol. The molecule has 6 nitrogen and oxygen atoms in total. The van der Waals surface area contributed by atoms with Gasteiger partial charge in [-0.25, -0.2) is 0 Å². The van der Waals surface area contributed by atoms with E-state index in [1.165, 1.54) is 0 Å². The lowest BCUT2D eigenvalue weighted by molar-refractivity contribution is -0.126. The van der Waals surface area contributed by atoms with Gasteiger partial charge in [-0.15, -0.1) is 0 Å². The highest BCUT2D eigenvalue weighted by molar-refractivity contribution is 5.78. The number of amides is 1. The molecule has 1 amide bonds. The van der Waals surface area contributed by atoms with Crippen LogP contribution in [0.1, 0.15) is 59.3 Å². The lowest BCUT2D eigenvalue weighted by Gasteiger charge is -2.08. The summed E-state index contributed by atoms with van der Waals surface area (Å²) in [4.78, 5) is 33.7. The first kappa shape index (κ1) is 22.7. The van der Waals surface area contributed by atoms with E-state index in [1.54, 1.807) is 6.92 Å². The van der Waals surface area contributed by atoms with Crippen molar-refractivity contribution < 1.29 is 23.9 Å². The Balaban J connectivity index is 3.32. The first-order chi connectivity index (χ1) is 11.5. The molecule has 0 aromatic carbocycles. The minimum atomic E-state index is -0.136. The van der Waals surface area contributed by atoms with Gasteiger partial charge < -0.3 is 14.8 Å². The van der Waals surface area contributed by atoms with Gasteiger partial charge in [0.15, 0.2) is 0 Å². The van der Waals surface area contributed by atoms with Gasteiger partial charge in [0.25, 0.3) is 0 Å². The summed E-state index contributed by atoms with van der Waals surface area (Å²) in [6, 6.07) is 0. The third kappa shape index (κ3) is 14.3. The maximum absolute atomic E-state index is 11.5. The fourth-order valence-corrected chi connectivity index (χ4v) is 1.99. The van der Waals surface area contributed by atoms with Gasteiger partial charge in [-0.05, 0) is 26.2 Å². The van der Waals surface area contributed by atoms with Gasteiger partial charge in [-0.2, -0.15) is 0 Å². The number of ketones is 2. The Hall–Kier alpha value is -1.27. The van der Waals surface area contributed by atoms with Crippen LogP contribution in [0.4, 0.5) is 0 Å². The largest absolute Gasteiger partial charge is 0.379 e. The fraction of sp³-hybridized carbons (Fsp3) is 0.833. The number of carbonyl (C=O) groups excluding carboxylic acids is 3. The number of ether oxygens (including phenoxy) is 2. The summed E-state index contributed by atoms with van der Waals surface area (Å²) in [6.07, 6.45) is 4.52. The van der Waals surface area contributed by atoms with Crippen molar-refractivity contribution in [2.24, 2.45) is 5.92 Å². The van der Waals surface area contributed by atoms with Crippen molar-refractivity contribution in [3.05, 3.63) is 0 Å². The standard InChI is InChI=1S/C18H33NO5/c1-4-17(21)9-7-11-23-12-13-24-14-18(22)19-10-6-5-8-15(2)16(3)20/h15H,4-14H2,1-3H3,(H,19,22)/t15-/m0/s1. The molecule has 0 bridgehead atoms. The van der Waals surface area contributed by atoms with Gasteiger partial charge in [-0.3, -0.25) is 14.4 Å². The van der Waals surface area contributed by atoms with Crippen molar-refractivity contribution in [1.82, 2.24) is 5.32 Å². The van der Waals surface area contributed by atoms with E-state index < -0.39 is 0 Å². The number of rotatable bonds is 16. The van der Waals surface area contributed by atoms with Crippen molar-refractivity contribution >= 4 is 17.5 Å². The molecule has 0 saturated heterocycles. The average Bonchev–Trinajstić information content (AvgIpc) is 2.56. The second-order valence-corrected chi connectivity index (χ2v) is 6.02. The SMILES string of the molecule is CCC(=O)CCCOCCOCC(=O)NCCCC[C@H](C)C(C)=O. The molecule has 0 aliphatic heterocycles. The first-order valence-corrected chi connectivity index (χ1v) is 8.91. The summed E-state index contributed by atoms with van der Waals surface area (Å²) in [7, 11) is 0. The van der Waals surface area contributed by atoms with E-state index in [1.807, 2.05) is 13.8 Å². The Morgan fingerprint density at radius 3 is 2.38 bits per heavy atom. The minimum Gasteiger partial charge on any atom is -0.379 e. The summed E-state index contributed by atoms with van der Waals surface area (Å²) in [5.41, 5.74) is 0. The average molecular weight is 343 g/mol. The van der Waals surface area contributed by atoms with Crippen LogP contribution in [-0.4, -0.2) is 50.4 Å². The van der Waals surface area contributed by atoms with Gasteiger partial charge in [0.05, 0.1) is 13.2 Å². The number of nitrogens with one attached hydrogen (secondary N) is 1. The molecule has 0 heterocycles. The third-order valence-corrected chi connectivity index (χ3v) is 3.82. The molecule has 0 radical (unpaired) electrons. The van der Waals surface area contributed by atoms with E-state index in [0.29, 0.717) is 39.2 Å². The van der Waals surface area contributed by atoms with Gasteiger partial charge in [-0.1, -0.05) is 20.3 Å². The molecule has 140 valence electrons. The van der Waals surface area contributed by atoms with Gasteiger partial charge in [0.1, 0.15) is 18.2 Å². The molecule has 0 aromatic heterocycles. The van der Waals surface area contributed by atoms with E-state index >= 15 is 0 Å². The molecule has 6 heteroatoms. The zero-order chi connectivity index (χ0) is 18.2. The van der Waals surface area contributed by atoms with Crippen LogP contribution in [-0.2, 0) is 23.9 Å². The maximum atomic E-state index is 11.5. The Labute approximate surface area is 145 Å². The van der Waals surface area contributed by atoms with E-state index in [0.717, 1.165) is 25.7 Å². The van der Waals surface area contributed by atoms with Crippen LogP contribution >= 0.6 is 0 Å². The van der Waals surface area contributed by atoms with Crippen LogP contribution in [0.25, 0.3) is 0 Å². The van der Waals surface area contributed by atoms with Crippen molar-refractivity contribution in [1.29, 1.82) is 0 Å². The van der Waals surface area contributed by atoms with E-state index in [4.69, 9.17) is 9.47 Å². The molecule has 1 atom stereocenters. The molecule has 0 aromatic rings. The van der Waals surface area contributed by atoms with Gasteiger partial charge in [0.2, 0.25) is 5.91 Å². The highest BCUT2D eigenvalue weighted by atomic mass is 16.5. The highest BCUT2D eigenvalue weighted by Crippen LogP contribution is 2.07. The fourth-order valence-electron chi connectivity index (χ4n) is 1.99. The topological polar surface area (TPSA) is 81.7 Å². The maximum Gasteiger partial charge on any atom is 0.245 e. The molecule has 0 rings (SSSR count). The summed E-state index contributed by atoms with van der Waals surface area (Å²) < 4.78 is 10.6. The summed E-state index contributed by atoms with van der Waals surface area (Å²) in [5, 5.41) is 2.79. The number of Topliss-reactive ketones (excluding diaryl/α,β-unsaturated/α-hetero) is 2. The van der Waals surface area contributed by atoms with Crippen LogP contribution in [0.5, 0.6) is 0 Å². The monoisotopic (exact) mass is 343 g/mol. The zero-order valence-corrected chi connectivity index (χ0v) is 15.4. The number of unbranched alkanes of at least 4 members (excludes halogenated alkanes) is 1. The molecule has 0 fully saturated rings. The summed E-state index contributed by atoms with van der Waals surface area (Å²) >= 11 is 0. The zero-order valence-electron chi connectivity index (χ0n) is 15.4. The molecule has 0 spiro atoms. The van der Waals surface area contributed by atoms with Crippen molar-refractivity contribution in [2.75, 3.05) is 33.0 Å². The Morgan fingerprint density at radius 1 is 1.00 bits per heavy atom. The molecule has 0 unspecified atom stereocenters. The van der Waals surface area contributed by atoms with Crippen LogP contribution in [0.2, 0.25) is 0 Å². The van der Waals surface area contributed by atoms with Gasteiger partial charge >= 0.3 is 0 Å². The number of hydrogen-bond donors (Lipinski definition) is 1. The van der Waals surface area contributed by atoms with Crippen LogP contribution in [0.15, 0.2) is 0 Å². The smallest absolute Gasteiger partial charge is 0.245 e. The minimum absolute atomic E-state index is 0.0293.